The number of hydrogen-bond donors (Lipinski definition) is 3. The van der Waals surface area contributed by atoms with Crippen LogP contribution in [0.3, 0.4) is 0 Å². The van der Waals surface area contributed by atoms with Gasteiger partial charge in [-0.15, -0.1) is 0 Å². The summed E-state index contributed by atoms with van der Waals surface area (Å²) < 4.78 is 7.65. The highest BCUT2D eigenvalue weighted by Crippen LogP contribution is 2.26. The number of pyridine rings is 1. The van der Waals surface area contributed by atoms with Gasteiger partial charge in [0.15, 0.2) is 0 Å². The number of hydrogen-bond acceptors (Lipinski definition) is 5. The van der Waals surface area contributed by atoms with Gasteiger partial charge in [-0.3, -0.25) is 9.59 Å². The van der Waals surface area contributed by atoms with Crippen LogP contribution in [0.25, 0.3) is 16.9 Å². The average Bonchev–Trinajstić information content (AvgIpc) is 3.34. The smallest absolute Gasteiger partial charge is 0.251 e. The summed E-state index contributed by atoms with van der Waals surface area (Å²) in [6.07, 6.45) is 3.22. The summed E-state index contributed by atoms with van der Waals surface area (Å²) in [5.74, 6) is -0.337. The van der Waals surface area contributed by atoms with Gasteiger partial charge in [0.2, 0.25) is 5.91 Å². The summed E-state index contributed by atoms with van der Waals surface area (Å²) in [4.78, 5) is 29.8. The molecule has 0 saturated carbocycles. The molecule has 0 bridgehead atoms. The minimum atomic E-state index is -1.15. The lowest BCUT2D eigenvalue weighted by Crippen LogP contribution is -2.46. The molecule has 0 unspecified atom stereocenters. The summed E-state index contributed by atoms with van der Waals surface area (Å²) in [6.45, 7) is 7.36. The van der Waals surface area contributed by atoms with Gasteiger partial charge in [-0.25, -0.2) is 4.98 Å². The Morgan fingerprint density at radius 1 is 1.10 bits per heavy atom. The molecule has 0 saturated heterocycles. The minimum absolute atomic E-state index is 0. The van der Waals surface area contributed by atoms with Crippen LogP contribution in [0.1, 0.15) is 49.7 Å². The molecule has 0 fully saturated rings. The Hall–Kier alpha value is -3.88. The molecule has 0 aliphatic carbocycles. The number of halogens is 1. The predicted octanol–water partition coefficient (Wildman–Crippen LogP) is 5.22. The van der Waals surface area contributed by atoms with Crippen molar-refractivity contribution < 1.29 is 19.4 Å². The highest BCUT2D eigenvalue weighted by Gasteiger charge is 2.19. The van der Waals surface area contributed by atoms with Crippen molar-refractivity contribution >= 4 is 29.1 Å². The van der Waals surface area contributed by atoms with Crippen LogP contribution in [0, 0.1) is 6.92 Å². The number of fused-ring (bicyclic) bond motifs is 1. The first-order valence-electron chi connectivity index (χ1n) is 12.9. The molecule has 0 spiro atoms. The van der Waals surface area contributed by atoms with Crippen molar-refractivity contribution in [1.29, 1.82) is 0 Å². The van der Waals surface area contributed by atoms with Crippen molar-refractivity contribution in [3.63, 3.8) is 0 Å². The maximum Gasteiger partial charge on any atom is 0.251 e. The number of carbonyl (C=O) groups is 2. The topological polar surface area (TPSA) is 105 Å². The highest BCUT2D eigenvalue weighted by atomic mass is 35.5. The number of carbonyl (C=O) groups excluding carboxylic acids is 2. The number of nitrogens with zero attached hydrogens (tertiary/aromatic N) is 2. The van der Waals surface area contributed by atoms with E-state index in [9.17, 15) is 14.7 Å². The lowest BCUT2D eigenvalue weighted by molar-refractivity contribution is -0.128. The van der Waals surface area contributed by atoms with Crippen molar-refractivity contribution in [3.8, 4) is 17.0 Å². The number of aliphatic hydroxyl groups excluding tert-OH is 1. The van der Waals surface area contributed by atoms with Crippen LogP contribution in [0.4, 0.5) is 0 Å². The third-order valence-electron chi connectivity index (χ3n) is 6.20. The zero-order valence-corrected chi connectivity index (χ0v) is 23.2. The molecule has 2 atom stereocenters. The van der Waals surface area contributed by atoms with Gasteiger partial charge in [0, 0.05) is 30.1 Å². The Morgan fingerprint density at radius 2 is 1.82 bits per heavy atom. The standard InChI is InChI=1S/C30H33ClN4O4.CH4/c1-18(2)39-27-12-11-23(15-25(27)31)30(38)33-24(16-32-29(37)20(4)36)14-21-7-9-22(10-8-21)26-17-35-13-5-6-19(3)28(35)34-26;/h5-13,15,17-18,20,24,36H,14,16H2,1-4H3,(H,32,37)(H,33,38);1H4/t20-,24+;/m1./s1. The number of amides is 2. The lowest BCUT2D eigenvalue weighted by Gasteiger charge is -2.21. The normalized spacial score (nSPS) is 12.5. The van der Waals surface area contributed by atoms with Crippen molar-refractivity contribution in [2.24, 2.45) is 0 Å². The second-order valence-corrected chi connectivity index (χ2v) is 10.3. The maximum absolute atomic E-state index is 13.1. The molecule has 2 amide bonds. The molecular formula is C31H37ClN4O4. The zero-order chi connectivity index (χ0) is 28.1. The highest BCUT2D eigenvalue weighted by molar-refractivity contribution is 6.32. The fraction of sp³-hybridized carbons (Fsp3) is 0.323. The molecule has 8 nitrogen and oxygen atoms in total. The quantitative estimate of drug-likeness (QED) is 0.245. The molecule has 40 heavy (non-hydrogen) atoms. The number of benzene rings is 2. The van der Waals surface area contributed by atoms with E-state index in [0.29, 0.717) is 22.8 Å². The lowest BCUT2D eigenvalue weighted by atomic mass is 10.0. The Kier molecular flexibility index (Phi) is 10.3. The number of ether oxygens (including phenoxy) is 1. The van der Waals surface area contributed by atoms with Crippen LogP contribution >= 0.6 is 11.6 Å². The van der Waals surface area contributed by atoms with E-state index in [1.165, 1.54) is 6.92 Å². The number of aromatic nitrogens is 2. The van der Waals surface area contributed by atoms with Gasteiger partial charge in [-0.2, -0.15) is 0 Å². The summed E-state index contributed by atoms with van der Waals surface area (Å²) in [5.41, 5.74) is 5.20. The number of aryl methyl sites for hydroxylation is 1. The molecule has 0 aliphatic heterocycles. The van der Waals surface area contributed by atoms with E-state index in [1.807, 2.05) is 74.0 Å². The minimum Gasteiger partial charge on any atom is -0.489 e. The van der Waals surface area contributed by atoms with Gasteiger partial charge in [0.05, 0.1) is 22.9 Å². The largest absolute Gasteiger partial charge is 0.489 e. The van der Waals surface area contributed by atoms with Crippen molar-refractivity contribution in [1.82, 2.24) is 20.0 Å². The van der Waals surface area contributed by atoms with Crippen LogP contribution in [-0.4, -0.2) is 51.1 Å². The Labute approximate surface area is 240 Å². The molecule has 2 heterocycles. The molecule has 3 N–H and O–H groups in total. The van der Waals surface area contributed by atoms with Crippen molar-refractivity contribution in [3.05, 3.63) is 88.7 Å². The van der Waals surface area contributed by atoms with E-state index in [4.69, 9.17) is 21.3 Å². The molecule has 0 aliphatic rings. The fourth-order valence-corrected chi connectivity index (χ4v) is 4.42. The summed E-state index contributed by atoms with van der Waals surface area (Å²) >= 11 is 6.32. The van der Waals surface area contributed by atoms with Gasteiger partial charge in [-0.1, -0.05) is 49.4 Å². The molecule has 4 rings (SSSR count). The van der Waals surface area contributed by atoms with E-state index in [1.54, 1.807) is 18.2 Å². The first kappa shape index (κ1) is 30.7. The Bertz CT molecular complexity index is 1460. The average molecular weight is 565 g/mol. The van der Waals surface area contributed by atoms with Crippen LogP contribution in [0.2, 0.25) is 5.02 Å². The number of rotatable bonds is 10. The van der Waals surface area contributed by atoms with E-state index < -0.39 is 18.1 Å². The van der Waals surface area contributed by atoms with Crippen LogP contribution in [0.15, 0.2) is 67.0 Å². The van der Waals surface area contributed by atoms with Crippen LogP contribution < -0.4 is 15.4 Å². The monoisotopic (exact) mass is 564 g/mol. The maximum atomic E-state index is 13.1. The first-order valence-corrected chi connectivity index (χ1v) is 13.2. The van der Waals surface area contributed by atoms with Crippen LogP contribution in [-0.2, 0) is 11.2 Å². The van der Waals surface area contributed by atoms with Gasteiger partial charge in [-0.05, 0) is 69.5 Å². The molecule has 2 aromatic heterocycles. The number of nitrogens with one attached hydrogen (secondary N) is 2. The Morgan fingerprint density at radius 3 is 2.45 bits per heavy atom. The van der Waals surface area contributed by atoms with E-state index in [-0.39, 0.29) is 26.0 Å². The molecule has 0 radical (unpaired) electrons. The second-order valence-electron chi connectivity index (χ2n) is 9.85. The molecule has 4 aromatic rings. The first-order chi connectivity index (χ1) is 18.6. The van der Waals surface area contributed by atoms with Crippen molar-refractivity contribution in [2.75, 3.05) is 6.54 Å². The van der Waals surface area contributed by atoms with Gasteiger partial charge in [0.1, 0.15) is 17.5 Å². The summed E-state index contributed by atoms with van der Waals surface area (Å²) in [7, 11) is 0. The van der Waals surface area contributed by atoms with E-state index in [0.717, 1.165) is 28.0 Å². The summed E-state index contributed by atoms with van der Waals surface area (Å²) in [6, 6.07) is 16.4. The zero-order valence-electron chi connectivity index (χ0n) is 22.4. The number of aliphatic hydroxyl groups is 1. The van der Waals surface area contributed by atoms with Crippen molar-refractivity contribution in [2.45, 2.75) is 59.8 Å². The fourth-order valence-electron chi connectivity index (χ4n) is 4.19. The second kappa shape index (κ2) is 13.5. The van der Waals surface area contributed by atoms with E-state index in [2.05, 4.69) is 10.6 Å². The van der Waals surface area contributed by atoms with Gasteiger partial charge >= 0.3 is 0 Å². The third-order valence-corrected chi connectivity index (χ3v) is 6.50. The SMILES string of the molecule is C.Cc1cccn2cc(-c3ccc(C[C@@H](CNC(=O)[C@@H](C)O)NC(=O)c4ccc(OC(C)C)c(Cl)c4)cc3)nc12. The molecule has 2 aromatic carbocycles. The predicted molar refractivity (Wildman–Crippen MR) is 159 cm³/mol. The molecule has 9 heteroatoms. The van der Waals surface area contributed by atoms with Gasteiger partial charge < -0.3 is 24.9 Å². The van der Waals surface area contributed by atoms with E-state index >= 15 is 0 Å². The van der Waals surface area contributed by atoms with Gasteiger partial charge in [0.25, 0.3) is 5.91 Å². The third kappa shape index (κ3) is 7.61. The Balaban J connectivity index is 0.00000441. The molecule has 212 valence electrons. The van der Waals surface area contributed by atoms with Crippen LogP contribution in [0.5, 0.6) is 5.75 Å². The molecular weight excluding hydrogens is 528 g/mol. The summed E-state index contributed by atoms with van der Waals surface area (Å²) in [5, 5.41) is 15.6. The number of imidazole rings is 1.